The molecule has 0 aromatic carbocycles. The van der Waals surface area contributed by atoms with Crippen LogP contribution in [0.3, 0.4) is 0 Å². The third-order valence-electron chi connectivity index (χ3n) is 1.80. The van der Waals surface area contributed by atoms with E-state index < -0.39 is 10.4 Å². The molecule has 0 amide bonds. The van der Waals surface area contributed by atoms with Crippen LogP contribution in [0.25, 0.3) is 0 Å². The van der Waals surface area contributed by atoms with Gasteiger partial charge in [0.25, 0.3) is 0 Å². The molecule has 0 aliphatic carbocycles. The first-order valence-electron chi connectivity index (χ1n) is 4.65. The van der Waals surface area contributed by atoms with E-state index in [-0.39, 0.29) is 29.6 Å². The fourth-order valence-electron chi connectivity index (χ4n) is 0.917. The van der Waals surface area contributed by atoms with Crippen LogP contribution in [0, 0.1) is 5.92 Å². The zero-order valence-corrected chi connectivity index (χ0v) is 9.50. The second-order valence-corrected chi connectivity index (χ2v) is 3.94. The van der Waals surface area contributed by atoms with Crippen molar-refractivity contribution in [2.75, 3.05) is 6.61 Å². The summed E-state index contributed by atoms with van der Waals surface area (Å²) >= 11 is 0. The maximum atomic E-state index is 8.75. The molecule has 1 atom stereocenters. The van der Waals surface area contributed by atoms with Crippen LogP contribution in [-0.2, 0) is 10.4 Å². The van der Waals surface area contributed by atoms with E-state index in [1.807, 2.05) is 0 Å². The Morgan fingerprint density at radius 3 is 1.80 bits per heavy atom. The Morgan fingerprint density at radius 2 is 1.60 bits per heavy atom. The molecule has 1 unspecified atom stereocenters. The van der Waals surface area contributed by atoms with E-state index in [0.29, 0.717) is 12.5 Å². The molecule has 0 fully saturated rings. The molecule has 5 nitrogen and oxygen atoms in total. The molecular weight excluding hydrogens is 231 g/mol. The number of aliphatic hydroxyl groups is 1. The summed E-state index contributed by atoms with van der Waals surface area (Å²) in [6.07, 6.45) is 4.83. The van der Waals surface area contributed by atoms with Crippen LogP contribution >= 0.6 is 0 Å². The monoisotopic (exact) mass is 252 g/mol. The van der Waals surface area contributed by atoms with Crippen LogP contribution in [0.1, 0.15) is 39.5 Å². The fourth-order valence-corrected chi connectivity index (χ4v) is 0.917. The van der Waals surface area contributed by atoms with Crippen molar-refractivity contribution in [2.24, 2.45) is 5.92 Å². The molecule has 15 heavy (non-hydrogen) atoms. The van der Waals surface area contributed by atoms with E-state index in [0.717, 1.165) is 6.42 Å². The van der Waals surface area contributed by atoms with Gasteiger partial charge in [0.1, 0.15) is 0 Å². The summed E-state index contributed by atoms with van der Waals surface area (Å²) in [5.41, 5.74) is 0. The first kappa shape index (κ1) is 21.1. The number of hydrogen-bond donors (Lipinski definition) is 3. The summed E-state index contributed by atoms with van der Waals surface area (Å²) in [5, 5.41) is 8.75. The summed E-state index contributed by atoms with van der Waals surface area (Å²) in [5.74, 6) is 0.560. The summed E-state index contributed by atoms with van der Waals surface area (Å²) in [4.78, 5) is 0. The third-order valence-corrected chi connectivity index (χ3v) is 1.80. The average Bonchev–Trinajstić information content (AvgIpc) is 2.04. The van der Waals surface area contributed by atoms with Crippen molar-refractivity contribution in [1.82, 2.24) is 0 Å². The van der Waals surface area contributed by atoms with Gasteiger partial charge in [0, 0.05) is 6.61 Å². The van der Waals surface area contributed by atoms with Gasteiger partial charge in [0.2, 0.25) is 0 Å². The molecule has 0 heterocycles. The Bertz CT molecular complexity index is 193. The molecule has 7 heteroatoms. The molecule has 90 valence electrons. The van der Waals surface area contributed by atoms with Gasteiger partial charge in [-0.15, -0.1) is 0 Å². The summed E-state index contributed by atoms with van der Waals surface area (Å²) in [6, 6.07) is 0. The molecule has 0 bridgehead atoms. The van der Waals surface area contributed by atoms with Gasteiger partial charge in [-0.1, -0.05) is 33.1 Å². The Hall–Kier alpha value is 0.830. The van der Waals surface area contributed by atoms with E-state index in [1.54, 1.807) is 0 Å². The van der Waals surface area contributed by atoms with Crippen molar-refractivity contribution in [2.45, 2.75) is 39.5 Å². The van der Waals surface area contributed by atoms with Crippen LogP contribution in [0.5, 0.6) is 0 Å². The molecule has 0 aliphatic heterocycles. The molecular formula is C8H21NaO5S. The Morgan fingerprint density at radius 1 is 1.20 bits per heavy atom. The number of rotatable bonds is 5. The van der Waals surface area contributed by atoms with Gasteiger partial charge in [-0.2, -0.15) is 8.42 Å². The second kappa shape index (κ2) is 12.9. The maximum absolute atomic E-state index is 8.75. The molecule has 0 rings (SSSR count). The van der Waals surface area contributed by atoms with Crippen molar-refractivity contribution >= 4 is 40.0 Å². The normalized spacial score (nSPS) is 12.1. The van der Waals surface area contributed by atoms with E-state index in [9.17, 15) is 0 Å². The minimum absolute atomic E-state index is 0. The predicted molar refractivity (Wildman–Crippen MR) is 61.7 cm³/mol. The zero-order chi connectivity index (χ0) is 11.6. The molecule has 0 aliphatic rings. The van der Waals surface area contributed by atoms with Crippen molar-refractivity contribution in [1.29, 1.82) is 0 Å². The van der Waals surface area contributed by atoms with E-state index >= 15 is 0 Å². The van der Waals surface area contributed by atoms with Crippen molar-refractivity contribution in [3.8, 4) is 0 Å². The molecule has 0 saturated heterocycles. The molecule has 0 saturated carbocycles. The number of aliphatic hydroxyl groups excluding tert-OH is 1. The minimum atomic E-state index is -4.67. The summed E-state index contributed by atoms with van der Waals surface area (Å²) in [6.45, 7) is 4.69. The van der Waals surface area contributed by atoms with Crippen LogP contribution in [0.15, 0.2) is 0 Å². The Balaban J connectivity index is -0.000000208. The average molecular weight is 252 g/mol. The Kier molecular flexibility index (Phi) is 18.2. The van der Waals surface area contributed by atoms with Gasteiger partial charge in [-0.3, -0.25) is 9.11 Å². The van der Waals surface area contributed by atoms with Gasteiger partial charge >= 0.3 is 40.0 Å². The van der Waals surface area contributed by atoms with E-state index in [1.165, 1.54) is 19.3 Å². The first-order valence-corrected chi connectivity index (χ1v) is 6.05. The molecule has 0 aromatic rings. The molecule has 0 aromatic heterocycles. The van der Waals surface area contributed by atoms with Crippen LogP contribution < -0.4 is 0 Å². The molecule has 0 spiro atoms. The van der Waals surface area contributed by atoms with Gasteiger partial charge < -0.3 is 5.11 Å². The van der Waals surface area contributed by atoms with Gasteiger partial charge in [-0.05, 0) is 12.3 Å². The van der Waals surface area contributed by atoms with Crippen LogP contribution in [-0.4, -0.2) is 58.8 Å². The molecule has 0 radical (unpaired) electrons. The second-order valence-electron chi connectivity index (χ2n) is 3.05. The fraction of sp³-hybridized carbons (Fsp3) is 1.00. The van der Waals surface area contributed by atoms with Crippen molar-refractivity contribution in [3.63, 3.8) is 0 Å². The van der Waals surface area contributed by atoms with Gasteiger partial charge in [0.15, 0.2) is 0 Å². The van der Waals surface area contributed by atoms with Gasteiger partial charge in [0.05, 0.1) is 0 Å². The van der Waals surface area contributed by atoms with Crippen LogP contribution in [0.4, 0.5) is 0 Å². The predicted octanol–water partition coefficient (Wildman–Crippen LogP) is 0.894. The summed E-state index contributed by atoms with van der Waals surface area (Å²) < 4.78 is 31.6. The third kappa shape index (κ3) is 31.3. The number of unbranched alkanes of at least 4 members (excludes halogenated alkanes) is 1. The summed E-state index contributed by atoms with van der Waals surface area (Å²) in [7, 11) is -4.67. The molecule has 3 N–H and O–H groups in total. The first-order chi connectivity index (χ1) is 6.35. The zero-order valence-electron chi connectivity index (χ0n) is 8.68. The number of hydrogen-bond acceptors (Lipinski definition) is 3. The van der Waals surface area contributed by atoms with Gasteiger partial charge in [-0.25, -0.2) is 0 Å². The van der Waals surface area contributed by atoms with E-state index in [2.05, 4.69) is 13.8 Å². The van der Waals surface area contributed by atoms with Crippen molar-refractivity contribution < 1.29 is 22.6 Å². The topological polar surface area (TPSA) is 94.8 Å². The Labute approximate surface area is 114 Å². The van der Waals surface area contributed by atoms with Crippen LogP contribution in [0.2, 0.25) is 0 Å². The SMILES string of the molecule is CCCCC(CC)CO.O=S(=O)(O)O.[NaH]. The quantitative estimate of drug-likeness (QED) is 0.499. The van der Waals surface area contributed by atoms with E-state index in [4.69, 9.17) is 22.6 Å². The van der Waals surface area contributed by atoms with Crippen molar-refractivity contribution in [3.05, 3.63) is 0 Å². The standard InChI is InChI=1S/C8H18O.Na.H2O4S.H/c1-3-5-6-8(4-2)7-9;;1-5(2,3)4;/h8-9H,3-7H2,1-2H3;;(H2,1,2,3,4);.